The van der Waals surface area contributed by atoms with Crippen LogP contribution < -0.4 is 0 Å². The fraction of sp³-hybridized carbons (Fsp3) is 0. The Hall–Kier alpha value is -6.62. The van der Waals surface area contributed by atoms with Gasteiger partial charge < -0.3 is 0 Å². The molecule has 0 saturated carbocycles. The summed E-state index contributed by atoms with van der Waals surface area (Å²) in [4.78, 5) is 10.7. The van der Waals surface area contributed by atoms with Gasteiger partial charge in [-0.15, -0.1) is 11.3 Å². The van der Waals surface area contributed by atoms with Gasteiger partial charge in [0.1, 0.15) is 0 Å². The predicted octanol–water partition coefficient (Wildman–Crippen LogP) is 13.2. The summed E-state index contributed by atoms with van der Waals surface area (Å²) in [5, 5.41) is 8.47. The van der Waals surface area contributed by atoms with Crippen LogP contribution in [0.5, 0.6) is 0 Å². The first kappa shape index (κ1) is 29.1. The van der Waals surface area contributed by atoms with Crippen molar-refractivity contribution in [1.82, 2.24) is 14.5 Å². The second-order valence-corrected chi connectivity index (χ2v) is 14.4. The molecule has 3 nitrogen and oxygen atoms in total. The molecule has 0 amide bonds. The molecule has 11 rings (SSSR count). The summed E-state index contributed by atoms with van der Waals surface area (Å²) >= 11 is 1.85. The Bertz CT molecular complexity index is 3190. The minimum absolute atomic E-state index is 0.659. The Balaban J connectivity index is 1.20. The molecule has 11 aromatic rings. The molecule has 0 aliphatic carbocycles. The number of aromatic nitrogens is 3. The van der Waals surface area contributed by atoms with Crippen molar-refractivity contribution in [3.8, 4) is 39.5 Å². The van der Waals surface area contributed by atoms with E-state index in [0.717, 1.165) is 44.3 Å². The molecular formula is C48H29N3S. The summed E-state index contributed by atoms with van der Waals surface area (Å²) in [5.41, 5.74) is 9.77. The molecular weight excluding hydrogens is 651 g/mol. The van der Waals surface area contributed by atoms with E-state index in [1.54, 1.807) is 0 Å². The topological polar surface area (TPSA) is 30.7 Å². The van der Waals surface area contributed by atoms with Crippen molar-refractivity contribution in [1.29, 1.82) is 0 Å². The maximum atomic E-state index is 5.40. The van der Waals surface area contributed by atoms with Crippen LogP contribution in [0.4, 0.5) is 0 Å². The number of fused-ring (bicyclic) bond motifs is 9. The van der Waals surface area contributed by atoms with E-state index in [2.05, 4.69) is 174 Å². The molecule has 3 aromatic heterocycles. The van der Waals surface area contributed by atoms with Gasteiger partial charge in [0, 0.05) is 47.5 Å². The van der Waals surface area contributed by atoms with Gasteiger partial charge in [-0.05, 0) is 63.9 Å². The number of rotatable bonds is 4. The van der Waals surface area contributed by atoms with Crippen molar-refractivity contribution in [3.63, 3.8) is 0 Å². The van der Waals surface area contributed by atoms with Gasteiger partial charge in [-0.1, -0.05) is 140 Å². The van der Waals surface area contributed by atoms with Crippen LogP contribution in [-0.4, -0.2) is 14.5 Å². The number of para-hydroxylation sites is 2. The fourth-order valence-corrected chi connectivity index (χ4v) is 9.12. The highest BCUT2D eigenvalue weighted by Crippen LogP contribution is 2.42. The van der Waals surface area contributed by atoms with Gasteiger partial charge in [-0.2, -0.15) is 0 Å². The zero-order valence-electron chi connectivity index (χ0n) is 28.0. The Morgan fingerprint density at radius 3 is 2.04 bits per heavy atom. The maximum absolute atomic E-state index is 5.40. The summed E-state index contributed by atoms with van der Waals surface area (Å²) in [5.74, 6) is 0.659. The molecule has 0 radical (unpaired) electrons. The first-order valence-electron chi connectivity index (χ1n) is 17.6. The largest absolute Gasteiger partial charge is 0.277 e. The van der Waals surface area contributed by atoms with Crippen LogP contribution in [0.2, 0.25) is 0 Å². The van der Waals surface area contributed by atoms with E-state index >= 15 is 0 Å². The second-order valence-electron chi connectivity index (χ2n) is 13.4. The Kier molecular flexibility index (Phi) is 6.42. The molecule has 242 valence electrons. The molecule has 0 spiro atoms. The summed E-state index contributed by atoms with van der Waals surface area (Å²) in [6.45, 7) is 0. The van der Waals surface area contributed by atoms with E-state index in [0.29, 0.717) is 5.95 Å². The Morgan fingerprint density at radius 2 is 1.12 bits per heavy atom. The van der Waals surface area contributed by atoms with Crippen LogP contribution in [0.25, 0.3) is 103 Å². The number of thiophene rings is 1. The van der Waals surface area contributed by atoms with Gasteiger partial charge in [0.2, 0.25) is 5.95 Å². The first-order chi connectivity index (χ1) is 25.8. The number of hydrogen-bond donors (Lipinski definition) is 0. The molecule has 8 aromatic carbocycles. The zero-order chi connectivity index (χ0) is 34.2. The van der Waals surface area contributed by atoms with Crippen LogP contribution in [-0.2, 0) is 0 Å². The maximum Gasteiger partial charge on any atom is 0.235 e. The van der Waals surface area contributed by atoms with E-state index in [-0.39, 0.29) is 0 Å². The van der Waals surface area contributed by atoms with Gasteiger partial charge in [-0.3, -0.25) is 4.57 Å². The Labute approximate surface area is 303 Å². The number of nitrogens with zero attached hydrogens (tertiary/aromatic N) is 3. The molecule has 3 heterocycles. The SMILES string of the molecule is c1ccc(-c2nc(-n3c4ccc5ccccc5c4c4cccc(-c5cccc(-c6ccc7sc8ccccc8c7c6)c5)c43)nc3ccccc23)cc1. The minimum atomic E-state index is 0.659. The van der Waals surface area contributed by atoms with Crippen molar-refractivity contribution >= 4 is 75.0 Å². The van der Waals surface area contributed by atoms with Crippen molar-refractivity contribution in [2.24, 2.45) is 0 Å². The standard InChI is InChI=1S/C48H29N3S/c1-2-13-31(14-3-1)46-38-19-6-8-22-41(38)49-48(50-46)51-42-26-24-30-12-4-5-17-35(30)45(42)39-21-11-20-36(47(39)51)34-16-10-15-32(28-34)33-25-27-44-40(29-33)37-18-7-9-23-43(37)52-44/h1-29H. The normalized spacial score (nSPS) is 11.8. The van der Waals surface area contributed by atoms with Gasteiger partial charge >= 0.3 is 0 Å². The molecule has 0 N–H and O–H groups in total. The smallest absolute Gasteiger partial charge is 0.235 e. The van der Waals surface area contributed by atoms with E-state index < -0.39 is 0 Å². The third-order valence-electron chi connectivity index (χ3n) is 10.4. The second kappa shape index (κ2) is 11.5. The summed E-state index contributed by atoms with van der Waals surface area (Å²) in [6, 6.07) is 63.1. The lowest BCUT2D eigenvalue weighted by atomic mass is 9.96. The van der Waals surface area contributed by atoms with Crippen molar-refractivity contribution < 1.29 is 0 Å². The third-order valence-corrected chi connectivity index (χ3v) is 11.6. The predicted molar refractivity (Wildman–Crippen MR) is 221 cm³/mol. The molecule has 0 atom stereocenters. The van der Waals surface area contributed by atoms with E-state index in [1.165, 1.54) is 52.8 Å². The molecule has 52 heavy (non-hydrogen) atoms. The average molecular weight is 680 g/mol. The lowest BCUT2D eigenvalue weighted by molar-refractivity contribution is 1.01. The molecule has 0 bridgehead atoms. The van der Waals surface area contributed by atoms with Gasteiger partial charge in [-0.25, -0.2) is 9.97 Å². The Morgan fingerprint density at radius 1 is 0.423 bits per heavy atom. The van der Waals surface area contributed by atoms with Crippen molar-refractivity contribution in [3.05, 3.63) is 176 Å². The van der Waals surface area contributed by atoms with Crippen LogP contribution >= 0.6 is 11.3 Å². The number of hydrogen-bond acceptors (Lipinski definition) is 3. The lowest BCUT2D eigenvalue weighted by Gasteiger charge is -2.14. The quantitative estimate of drug-likeness (QED) is 0.185. The van der Waals surface area contributed by atoms with E-state index in [9.17, 15) is 0 Å². The fourth-order valence-electron chi connectivity index (χ4n) is 8.03. The van der Waals surface area contributed by atoms with Crippen LogP contribution in [0.3, 0.4) is 0 Å². The third kappa shape index (κ3) is 4.45. The summed E-state index contributed by atoms with van der Waals surface area (Å²) in [7, 11) is 0. The highest BCUT2D eigenvalue weighted by Gasteiger charge is 2.21. The van der Waals surface area contributed by atoms with Gasteiger partial charge in [0.15, 0.2) is 0 Å². The van der Waals surface area contributed by atoms with Crippen LogP contribution in [0.15, 0.2) is 176 Å². The highest BCUT2D eigenvalue weighted by molar-refractivity contribution is 7.25. The highest BCUT2D eigenvalue weighted by atomic mass is 32.1. The molecule has 0 saturated heterocycles. The van der Waals surface area contributed by atoms with Crippen LogP contribution in [0.1, 0.15) is 0 Å². The molecule has 0 aliphatic rings. The monoisotopic (exact) mass is 679 g/mol. The van der Waals surface area contributed by atoms with Crippen LogP contribution in [0, 0.1) is 0 Å². The van der Waals surface area contributed by atoms with Crippen molar-refractivity contribution in [2.45, 2.75) is 0 Å². The zero-order valence-corrected chi connectivity index (χ0v) is 28.8. The molecule has 0 fully saturated rings. The lowest BCUT2D eigenvalue weighted by Crippen LogP contribution is -2.04. The average Bonchev–Trinajstić information content (AvgIpc) is 3.76. The molecule has 0 unspecified atom stereocenters. The summed E-state index contributed by atoms with van der Waals surface area (Å²) in [6.07, 6.45) is 0. The first-order valence-corrected chi connectivity index (χ1v) is 18.4. The van der Waals surface area contributed by atoms with Crippen molar-refractivity contribution in [2.75, 3.05) is 0 Å². The minimum Gasteiger partial charge on any atom is -0.277 e. The van der Waals surface area contributed by atoms with Gasteiger partial charge in [0.25, 0.3) is 0 Å². The van der Waals surface area contributed by atoms with E-state index in [4.69, 9.17) is 9.97 Å². The molecule has 0 aliphatic heterocycles. The summed E-state index contributed by atoms with van der Waals surface area (Å²) < 4.78 is 4.93. The van der Waals surface area contributed by atoms with E-state index in [1.807, 2.05) is 17.4 Å². The van der Waals surface area contributed by atoms with Gasteiger partial charge in [0.05, 0.1) is 22.2 Å². The molecule has 4 heteroatoms. The number of benzene rings is 8.